The van der Waals surface area contributed by atoms with Crippen molar-refractivity contribution in [2.45, 2.75) is 12.8 Å². The van der Waals surface area contributed by atoms with Gasteiger partial charge in [0.2, 0.25) is 0 Å². The molecule has 0 N–H and O–H groups in total. The lowest BCUT2D eigenvalue weighted by atomic mass is 9.97. The molecule has 0 fully saturated rings. The molecule has 1 aliphatic carbocycles. The number of rotatable bonds is 14. The first-order chi connectivity index (χ1) is 38.2. The third-order valence-corrected chi connectivity index (χ3v) is 15.7. The number of aryl methyl sites for hydroxylation is 1. The summed E-state index contributed by atoms with van der Waals surface area (Å²) in [5, 5.41) is 1.26. The molecule has 1 aromatic heterocycles. The van der Waals surface area contributed by atoms with Crippen molar-refractivity contribution in [3.05, 3.63) is 313 Å². The van der Waals surface area contributed by atoms with Crippen LogP contribution in [0.3, 0.4) is 0 Å². The van der Waals surface area contributed by atoms with Crippen LogP contribution in [0.15, 0.2) is 303 Å². The summed E-state index contributed by atoms with van der Waals surface area (Å²) in [6.07, 6.45) is 4.32. The maximum atomic E-state index is 2.49. The second-order valence-electron chi connectivity index (χ2n) is 19.2. The molecule has 0 bridgehead atoms. The van der Waals surface area contributed by atoms with Crippen molar-refractivity contribution in [1.29, 1.82) is 0 Å². The molecule has 1 heterocycles. The zero-order chi connectivity index (χ0) is 51.3. The summed E-state index contributed by atoms with van der Waals surface area (Å²) in [4.78, 5) is 11.1. The molecule has 12 aromatic rings. The van der Waals surface area contributed by atoms with Crippen LogP contribution in [0.25, 0.3) is 38.4 Å². The van der Waals surface area contributed by atoms with E-state index < -0.39 is 0 Å². The van der Waals surface area contributed by atoms with Gasteiger partial charge in [0.05, 0.1) is 11.4 Å². The standard InChI is InChI=1S/C72H54N4S/c1-9-25-53(26-10-1)65-49-61(41-45-69(65)75(57-33-17-5-18-34-57)58-35-19-6-20-36-58)73(55-29-13-3-14-30-55)63-43-47-71-67(51-63)68-52-64(44-48-72(68)77-71)74(56-31-15-4-16-32-56)62-42-46-70(66(50-62)54-27-11-2-12-28-54)76(59-37-21-7-22-38-59)60-39-23-8-24-40-60/h1-43,45-47,49-52H,44,48H2. The van der Waals surface area contributed by atoms with Gasteiger partial charge in [-0.15, -0.1) is 11.3 Å². The second-order valence-corrected chi connectivity index (χ2v) is 20.4. The van der Waals surface area contributed by atoms with Crippen molar-refractivity contribution in [2.75, 3.05) is 19.6 Å². The second kappa shape index (κ2) is 21.3. The Morgan fingerprint density at radius 1 is 0.273 bits per heavy atom. The molecule has 11 aromatic carbocycles. The molecule has 13 rings (SSSR count). The zero-order valence-corrected chi connectivity index (χ0v) is 43.3. The number of hydrogen-bond acceptors (Lipinski definition) is 5. The van der Waals surface area contributed by atoms with E-state index in [1.807, 2.05) is 11.3 Å². The van der Waals surface area contributed by atoms with Crippen LogP contribution < -0.4 is 19.6 Å². The fourth-order valence-corrected chi connectivity index (χ4v) is 12.1. The van der Waals surface area contributed by atoms with Crippen molar-refractivity contribution >= 4 is 90.1 Å². The first kappa shape index (κ1) is 47.1. The lowest BCUT2D eigenvalue weighted by Crippen LogP contribution is -2.19. The van der Waals surface area contributed by atoms with Gasteiger partial charge < -0.3 is 19.6 Å². The van der Waals surface area contributed by atoms with Crippen LogP contribution in [-0.2, 0) is 6.42 Å². The monoisotopic (exact) mass is 1010 g/mol. The lowest BCUT2D eigenvalue weighted by Gasteiger charge is -2.32. The number of nitrogens with zero attached hydrogens (tertiary/aromatic N) is 4. The summed E-state index contributed by atoms with van der Waals surface area (Å²) >= 11 is 1.93. The Bertz CT molecular complexity index is 3880. The molecule has 0 saturated heterocycles. The zero-order valence-electron chi connectivity index (χ0n) is 42.5. The molecular weight excluding hydrogens is 953 g/mol. The molecule has 1 aliphatic rings. The predicted octanol–water partition coefficient (Wildman–Crippen LogP) is 20.8. The summed E-state index contributed by atoms with van der Waals surface area (Å²) in [5.41, 5.74) is 19.3. The minimum absolute atomic E-state index is 0.901. The van der Waals surface area contributed by atoms with Crippen LogP contribution >= 0.6 is 11.3 Å². The molecule has 0 aliphatic heterocycles. The SMILES string of the molecule is C1=C(N(c2ccccc2)c2ccc(N(c3ccccc3)c3ccccc3)c(-c3ccccc3)c2)CCc2sc3ccc(N(c4ccccc4)c4ccc(N(c5ccccc5)c5ccccc5)c(-c5ccccc5)c4)cc3c21. The van der Waals surface area contributed by atoms with E-state index in [0.29, 0.717) is 0 Å². The normalized spacial score (nSPS) is 11.9. The highest BCUT2D eigenvalue weighted by Gasteiger charge is 2.26. The first-order valence-electron chi connectivity index (χ1n) is 26.4. The van der Waals surface area contributed by atoms with Crippen LogP contribution in [-0.4, -0.2) is 0 Å². The van der Waals surface area contributed by atoms with E-state index in [0.717, 1.165) is 97.7 Å². The molecule has 0 atom stereocenters. The Balaban J connectivity index is 0.946. The summed E-state index contributed by atoms with van der Waals surface area (Å²) < 4.78 is 1.29. The van der Waals surface area contributed by atoms with E-state index in [1.54, 1.807) is 0 Å². The quantitative estimate of drug-likeness (QED) is 0.108. The predicted molar refractivity (Wildman–Crippen MR) is 328 cm³/mol. The fourth-order valence-electron chi connectivity index (χ4n) is 11.0. The van der Waals surface area contributed by atoms with Crippen molar-refractivity contribution in [2.24, 2.45) is 0 Å². The van der Waals surface area contributed by atoms with Crippen LogP contribution in [0, 0.1) is 0 Å². The molecule has 77 heavy (non-hydrogen) atoms. The third-order valence-electron chi connectivity index (χ3n) is 14.5. The Labute approximate surface area is 455 Å². The van der Waals surface area contributed by atoms with Crippen molar-refractivity contribution in [1.82, 2.24) is 0 Å². The van der Waals surface area contributed by atoms with Crippen molar-refractivity contribution in [3.63, 3.8) is 0 Å². The highest BCUT2D eigenvalue weighted by atomic mass is 32.1. The fraction of sp³-hybridized carbons (Fsp3) is 0.0278. The minimum atomic E-state index is 0.901. The number of thiophene rings is 1. The average Bonchev–Trinajstić information content (AvgIpc) is 3.89. The van der Waals surface area contributed by atoms with Crippen LogP contribution in [0.2, 0.25) is 0 Å². The highest BCUT2D eigenvalue weighted by molar-refractivity contribution is 7.19. The summed E-state index contributed by atoms with van der Waals surface area (Å²) in [6.45, 7) is 0. The van der Waals surface area contributed by atoms with Gasteiger partial charge >= 0.3 is 0 Å². The molecular formula is C72H54N4S. The van der Waals surface area contributed by atoms with Crippen LogP contribution in [0.1, 0.15) is 16.9 Å². The van der Waals surface area contributed by atoms with E-state index in [4.69, 9.17) is 0 Å². The average molecular weight is 1010 g/mol. The number of anilines is 11. The number of allylic oxidation sites excluding steroid dienone is 1. The maximum absolute atomic E-state index is 2.49. The van der Waals surface area contributed by atoms with Gasteiger partial charge in [-0.25, -0.2) is 0 Å². The van der Waals surface area contributed by atoms with Gasteiger partial charge in [-0.3, -0.25) is 0 Å². The van der Waals surface area contributed by atoms with Crippen LogP contribution in [0.5, 0.6) is 0 Å². The molecule has 0 saturated carbocycles. The smallest absolute Gasteiger partial charge is 0.0541 e. The number of benzene rings is 11. The lowest BCUT2D eigenvalue weighted by molar-refractivity contribution is 0.911. The molecule has 0 spiro atoms. The minimum Gasteiger partial charge on any atom is -0.314 e. The molecule has 4 nitrogen and oxygen atoms in total. The van der Waals surface area contributed by atoms with Crippen molar-refractivity contribution in [3.8, 4) is 22.3 Å². The Morgan fingerprint density at radius 3 is 1.03 bits per heavy atom. The van der Waals surface area contributed by atoms with E-state index in [9.17, 15) is 0 Å². The van der Waals surface area contributed by atoms with Gasteiger partial charge in [0.25, 0.3) is 0 Å². The van der Waals surface area contributed by atoms with Gasteiger partial charge in [0.1, 0.15) is 0 Å². The van der Waals surface area contributed by atoms with E-state index in [-0.39, 0.29) is 0 Å². The van der Waals surface area contributed by atoms with Crippen LogP contribution in [0.4, 0.5) is 62.6 Å². The Hall–Kier alpha value is -9.68. The van der Waals surface area contributed by atoms with E-state index >= 15 is 0 Å². The highest BCUT2D eigenvalue weighted by Crippen LogP contribution is 2.49. The largest absolute Gasteiger partial charge is 0.314 e. The van der Waals surface area contributed by atoms with E-state index in [2.05, 4.69) is 323 Å². The third kappa shape index (κ3) is 9.46. The molecule has 5 heteroatoms. The number of hydrogen-bond donors (Lipinski definition) is 0. The van der Waals surface area contributed by atoms with Gasteiger partial charge in [0, 0.05) is 83.0 Å². The summed E-state index contributed by atoms with van der Waals surface area (Å²) in [6, 6.07) is 107. The summed E-state index contributed by atoms with van der Waals surface area (Å²) in [5.74, 6) is 0. The van der Waals surface area contributed by atoms with Crippen molar-refractivity contribution < 1.29 is 0 Å². The Morgan fingerprint density at radius 2 is 0.610 bits per heavy atom. The van der Waals surface area contributed by atoms with E-state index in [1.165, 1.54) is 26.2 Å². The molecule has 368 valence electrons. The Kier molecular flexibility index (Phi) is 13.0. The first-order valence-corrected chi connectivity index (χ1v) is 27.2. The topological polar surface area (TPSA) is 13.0 Å². The summed E-state index contributed by atoms with van der Waals surface area (Å²) in [7, 11) is 0. The maximum Gasteiger partial charge on any atom is 0.0541 e. The molecule has 0 unspecified atom stereocenters. The number of fused-ring (bicyclic) bond motifs is 3. The van der Waals surface area contributed by atoms with Gasteiger partial charge in [-0.2, -0.15) is 0 Å². The molecule has 0 radical (unpaired) electrons. The van der Waals surface area contributed by atoms with Gasteiger partial charge in [-0.05, 0) is 163 Å². The van der Waals surface area contributed by atoms with Gasteiger partial charge in [0.15, 0.2) is 0 Å². The number of para-hydroxylation sites is 6. The molecule has 0 amide bonds. The van der Waals surface area contributed by atoms with Gasteiger partial charge in [-0.1, -0.05) is 170 Å².